The molecule has 6 nitrogen and oxygen atoms in total. The van der Waals surface area contributed by atoms with Crippen LogP contribution in [0.1, 0.15) is 23.8 Å². The molecular formula is C22H31N5OS. The second-order valence-electron chi connectivity index (χ2n) is 7.10. The first-order valence-corrected chi connectivity index (χ1v) is 11.2. The largest absolute Gasteiger partial charge is 0.368 e. The normalized spacial score (nSPS) is 14.8. The molecule has 0 unspecified atom stereocenters. The Labute approximate surface area is 177 Å². The van der Waals surface area contributed by atoms with Gasteiger partial charge in [0.15, 0.2) is 5.96 Å². The average Bonchev–Trinajstić information content (AvgIpc) is 3.17. The van der Waals surface area contributed by atoms with Crippen LogP contribution in [0.4, 0.5) is 5.69 Å². The van der Waals surface area contributed by atoms with Crippen molar-refractivity contribution in [2.45, 2.75) is 26.8 Å². The lowest BCUT2D eigenvalue weighted by atomic mass is 10.2. The smallest absolute Gasteiger partial charge is 0.224 e. The first-order valence-electron chi connectivity index (χ1n) is 10.3. The minimum atomic E-state index is 0.204. The maximum absolute atomic E-state index is 12.6. The van der Waals surface area contributed by atoms with Crippen LogP contribution in [0.3, 0.4) is 0 Å². The van der Waals surface area contributed by atoms with Crippen LogP contribution in [0, 0.1) is 6.92 Å². The molecule has 1 aromatic heterocycles. The lowest BCUT2D eigenvalue weighted by Crippen LogP contribution is -2.49. The maximum Gasteiger partial charge on any atom is 0.224 e. The van der Waals surface area contributed by atoms with Crippen molar-refractivity contribution >= 4 is 28.9 Å². The zero-order chi connectivity index (χ0) is 20.5. The number of aliphatic imine (C=N–C) groups is 1. The van der Waals surface area contributed by atoms with Gasteiger partial charge < -0.3 is 20.4 Å². The molecule has 2 N–H and O–H groups in total. The van der Waals surface area contributed by atoms with Crippen LogP contribution in [-0.4, -0.2) is 56.0 Å². The molecule has 7 heteroatoms. The van der Waals surface area contributed by atoms with E-state index >= 15 is 0 Å². The number of anilines is 1. The van der Waals surface area contributed by atoms with Gasteiger partial charge in [-0.2, -0.15) is 0 Å². The summed E-state index contributed by atoms with van der Waals surface area (Å²) in [6.07, 6.45) is 0.480. The third-order valence-corrected chi connectivity index (χ3v) is 6.09. The summed E-state index contributed by atoms with van der Waals surface area (Å²) in [6, 6.07) is 12.5. The molecule has 1 aliphatic rings. The number of carbonyl (C=O) groups is 1. The van der Waals surface area contributed by atoms with Crippen LogP contribution in [-0.2, 0) is 11.3 Å². The minimum Gasteiger partial charge on any atom is -0.368 e. The quantitative estimate of drug-likeness (QED) is 0.541. The van der Waals surface area contributed by atoms with Crippen molar-refractivity contribution in [2.24, 2.45) is 4.99 Å². The molecule has 0 atom stereocenters. The Morgan fingerprint density at radius 2 is 1.86 bits per heavy atom. The minimum absolute atomic E-state index is 0.204. The van der Waals surface area contributed by atoms with Gasteiger partial charge in [-0.1, -0.05) is 18.2 Å². The molecule has 0 spiro atoms. The molecule has 0 aliphatic carbocycles. The summed E-state index contributed by atoms with van der Waals surface area (Å²) in [6.45, 7) is 9.52. The van der Waals surface area contributed by atoms with E-state index in [1.165, 1.54) is 16.1 Å². The van der Waals surface area contributed by atoms with Crippen LogP contribution >= 0.6 is 11.3 Å². The van der Waals surface area contributed by atoms with Crippen molar-refractivity contribution in [1.82, 2.24) is 15.5 Å². The summed E-state index contributed by atoms with van der Waals surface area (Å²) < 4.78 is 0. The number of thiophene rings is 1. The van der Waals surface area contributed by atoms with Gasteiger partial charge in [0.1, 0.15) is 0 Å². The molecule has 1 aliphatic heterocycles. The molecule has 156 valence electrons. The monoisotopic (exact) mass is 413 g/mol. The second kappa shape index (κ2) is 10.9. The summed E-state index contributed by atoms with van der Waals surface area (Å²) in [5.74, 6) is 0.970. The number of benzene rings is 1. The Balaban J connectivity index is 1.42. The molecule has 1 saturated heterocycles. The van der Waals surface area contributed by atoms with E-state index in [1.54, 1.807) is 11.3 Å². The van der Waals surface area contributed by atoms with Crippen LogP contribution < -0.4 is 15.5 Å². The fraction of sp³-hybridized carbons (Fsp3) is 0.455. The van der Waals surface area contributed by atoms with Crippen molar-refractivity contribution in [1.29, 1.82) is 0 Å². The number of para-hydroxylation sites is 1. The number of hydrogen-bond donors (Lipinski definition) is 2. The maximum atomic E-state index is 12.6. The standard InChI is InChI=1S/C22H31N5OS/c1-3-23-22(25-17-20-18(2)10-16-29-20)24-11-9-21(28)27-14-12-26(13-15-27)19-7-5-4-6-8-19/h4-8,10,16H,3,9,11-15,17H2,1-2H3,(H2,23,24,25). The van der Waals surface area contributed by atoms with Crippen molar-refractivity contribution in [3.63, 3.8) is 0 Å². The van der Waals surface area contributed by atoms with Gasteiger partial charge in [0, 0.05) is 56.3 Å². The average molecular weight is 414 g/mol. The van der Waals surface area contributed by atoms with E-state index in [1.807, 2.05) is 17.9 Å². The molecule has 3 rings (SSSR count). The van der Waals surface area contributed by atoms with E-state index in [0.717, 1.165) is 38.7 Å². The van der Waals surface area contributed by atoms with Crippen molar-refractivity contribution in [3.05, 3.63) is 52.2 Å². The van der Waals surface area contributed by atoms with Crippen molar-refractivity contribution in [3.8, 4) is 0 Å². The van der Waals surface area contributed by atoms with Crippen LogP contribution in [0.15, 0.2) is 46.8 Å². The summed E-state index contributed by atoms with van der Waals surface area (Å²) in [4.78, 5) is 22.8. The number of amides is 1. The van der Waals surface area contributed by atoms with Crippen LogP contribution in [0.2, 0.25) is 0 Å². The molecule has 0 saturated carbocycles. The molecule has 29 heavy (non-hydrogen) atoms. The van der Waals surface area contributed by atoms with Gasteiger partial charge in [-0.05, 0) is 43.0 Å². The highest BCUT2D eigenvalue weighted by Crippen LogP contribution is 2.17. The Bertz CT molecular complexity index is 797. The number of piperazine rings is 1. The van der Waals surface area contributed by atoms with E-state index in [2.05, 4.69) is 63.2 Å². The summed E-state index contributed by atoms with van der Waals surface area (Å²) in [7, 11) is 0. The number of aryl methyl sites for hydroxylation is 1. The van der Waals surface area contributed by atoms with Gasteiger partial charge >= 0.3 is 0 Å². The van der Waals surface area contributed by atoms with Crippen LogP contribution in [0.25, 0.3) is 0 Å². The first kappa shape index (κ1) is 21.2. The number of rotatable bonds is 7. The highest BCUT2D eigenvalue weighted by atomic mass is 32.1. The predicted molar refractivity (Wildman–Crippen MR) is 122 cm³/mol. The Morgan fingerprint density at radius 1 is 1.10 bits per heavy atom. The van der Waals surface area contributed by atoms with Crippen molar-refractivity contribution in [2.75, 3.05) is 44.2 Å². The number of nitrogens with zero attached hydrogens (tertiary/aromatic N) is 3. The Morgan fingerprint density at radius 3 is 2.52 bits per heavy atom. The molecule has 1 aromatic carbocycles. The molecule has 1 fully saturated rings. The number of guanidine groups is 1. The summed E-state index contributed by atoms with van der Waals surface area (Å²) in [5.41, 5.74) is 2.51. The van der Waals surface area contributed by atoms with Gasteiger partial charge in [-0.15, -0.1) is 11.3 Å². The van der Waals surface area contributed by atoms with E-state index < -0.39 is 0 Å². The second-order valence-corrected chi connectivity index (χ2v) is 8.10. The van der Waals surface area contributed by atoms with Crippen molar-refractivity contribution < 1.29 is 4.79 Å². The van der Waals surface area contributed by atoms with E-state index in [-0.39, 0.29) is 5.91 Å². The zero-order valence-electron chi connectivity index (χ0n) is 17.4. The van der Waals surface area contributed by atoms with E-state index in [0.29, 0.717) is 19.5 Å². The highest BCUT2D eigenvalue weighted by molar-refractivity contribution is 7.10. The number of carbonyl (C=O) groups excluding carboxylic acids is 1. The number of hydrogen-bond acceptors (Lipinski definition) is 4. The third kappa shape index (κ3) is 6.22. The molecule has 0 radical (unpaired) electrons. The number of nitrogens with one attached hydrogen (secondary N) is 2. The topological polar surface area (TPSA) is 60.0 Å². The van der Waals surface area contributed by atoms with Gasteiger partial charge in [0.05, 0.1) is 6.54 Å². The van der Waals surface area contributed by atoms with Gasteiger partial charge in [0.2, 0.25) is 5.91 Å². The van der Waals surface area contributed by atoms with Gasteiger partial charge in [-0.25, -0.2) is 4.99 Å². The summed E-state index contributed by atoms with van der Waals surface area (Å²) >= 11 is 1.73. The molecule has 1 amide bonds. The lowest BCUT2D eigenvalue weighted by molar-refractivity contribution is -0.131. The molecule has 2 aromatic rings. The summed E-state index contributed by atoms with van der Waals surface area (Å²) in [5, 5.41) is 8.64. The first-order chi connectivity index (χ1) is 14.2. The predicted octanol–water partition coefficient (Wildman–Crippen LogP) is 2.85. The molecular weight excluding hydrogens is 382 g/mol. The Hall–Kier alpha value is -2.54. The highest BCUT2D eigenvalue weighted by Gasteiger charge is 2.20. The Kier molecular flexibility index (Phi) is 7.93. The van der Waals surface area contributed by atoms with Gasteiger partial charge in [0.25, 0.3) is 0 Å². The SMILES string of the molecule is CCNC(=NCc1sccc1C)NCCC(=O)N1CCN(c2ccccc2)CC1. The fourth-order valence-electron chi connectivity index (χ4n) is 3.36. The van der Waals surface area contributed by atoms with E-state index in [4.69, 9.17) is 0 Å². The zero-order valence-corrected chi connectivity index (χ0v) is 18.2. The van der Waals surface area contributed by atoms with E-state index in [9.17, 15) is 4.79 Å². The molecule has 2 heterocycles. The molecule has 0 bridgehead atoms. The lowest BCUT2D eigenvalue weighted by Gasteiger charge is -2.36. The third-order valence-electron chi connectivity index (χ3n) is 5.08. The fourth-order valence-corrected chi connectivity index (χ4v) is 4.19. The van der Waals surface area contributed by atoms with Crippen LogP contribution in [0.5, 0.6) is 0 Å². The van der Waals surface area contributed by atoms with Gasteiger partial charge in [-0.3, -0.25) is 4.79 Å².